The van der Waals surface area contributed by atoms with Gasteiger partial charge in [-0.2, -0.15) is 0 Å². The first kappa shape index (κ1) is 11.2. The number of nitrogens with one attached hydrogen (secondary N) is 1. The second-order valence-electron chi connectivity index (χ2n) is 5.30. The molecule has 2 aliphatic rings. The molecule has 1 aliphatic carbocycles. The molecule has 0 aromatic carbocycles. The molecule has 0 bridgehead atoms. The number of hydrogen-bond donors (Lipinski definition) is 1. The highest BCUT2D eigenvalue weighted by Gasteiger charge is 2.33. The van der Waals surface area contributed by atoms with E-state index in [0.717, 1.165) is 24.9 Å². The highest BCUT2D eigenvalue weighted by atomic mass is 15.2. The lowest BCUT2D eigenvalue weighted by atomic mass is 10.1. The minimum absolute atomic E-state index is 0.765. The van der Waals surface area contributed by atoms with Crippen molar-refractivity contribution in [3.8, 4) is 0 Å². The summed E-state index contributed by atoms with van der Waals surface area (Å²) in [7, 11) is 0. The van der Waals surface area contributed by atoms with Crippen LogP contribution in [0.1, 0.15) is 18.4 Å². The van der Waals surface area contributed by atoms with Gasteiger partial charge < -0.3 is 10.2 Å². The molecular formula is C14H21N3. The summed E-state index contributed by atoms with van der Waals surface area (Å²) in [5.74, 6) is 0.971. The average Bonchev–Trinajstić information content (AvgIpc) is 3.22. The molecule has 1 aromatic rings. The Kier molecular flexibility index (Phi) is 3.39. The highest BCUT2D eigenvalue weighted by molar-refractivity contribution is 5.10. The summed E-state index contributed by atoms with van der Waals surface area (Å²) in [4.78, 5) is 6.67. The molecule has 1 atom stereocenters. The maximum atomic E-state index is 4.06. The number of rotatable bonds is 4. The molecule has 2 fully saturated rings. The third-order valence-corrected chi connectivity index (χ3v) is 3.95. The lowest BCUT2D eigenvalue weighted by molar-refractivity contribution is 0.190. The summed E-state index contributed by atoms with van der Waals surface area (Å²) in [6, 6.07) is 5.02. The molecule has 2 heterocycles. The van der Waals surface area contributed by atoms with Gasteiger partial charge in [0.05, 0.1) is 0 Å². The van der Waals surface area contributed by atoms with Gasteiger partial charge >= 0.3 is 0 Å². The zero-order chi connectivity index (χ0) is 11.5. The van der Waals surface area contributed by atoms with Crippen LogP contribution < -0.4 is 5.32 Å². The highest BCUT2D eigenvalue weighted by Crippen LogP contribution is 2.33. The first-order valence-electron chi connectivity index (χ1n) is 6.76. The van der Waals surface area contributed by atoms with Crippen LogP contribution in [0, 0.1) is 5.92 Å². The van der Waals surface area contributed by atoms with Gasteiger partial charge in [-0.25, -0.2) is 0 Å². The summed E-state index contributed by atoms with van der Waals surface area (Å²) in [6.45, 7) is 4.80. The second kappa shape index (κ2) is 5.15. The molecular weight excluding hydrogens is 210 g/mol. The Bertz CT molecular complexity index is 348. The van der Waals surface area contributed by atoms with E-state index in [2.05, 4.69) is 27.3 Å². The van der Waals surface area contributed by atoms with Gasteiger partial charge in [-0.1, -0.05) is 0 Å². The van der Waals surface area contributed by atoms with Gasteiger partial charge in [-0.05, 0) is 42.9 Å². The van der Waals surface area contributed by atoms with Gasteiger partial charge in [0, 0.05) is 44.6 Å². The Morgan fingerprint density at radius 1 is 1.29 bits per heavy atom. The average molecular weight is 231 g/mol. The van der Waals surface area contributed by atoms with Crippen molar-refractivity contribution >= 4 is 0 Å². The minimum atomic E-state index is 0.765. The predicted molar refractivity (Wildman–Crippen MR) is 68.9 cm³/mol. The molecule has 1 saturated heterocycles. The standard InChI is InChI=1S/C14H21N3/c1-2-13(1)14-11-17(10-8-16-14)9-5-12-3-6-15-7-4-12/h3-4,6-7,13-14,16H,1-2,5,8-11H2. The summed E-state index contributed by atoms with van der Waals surface area (Å²) < 4.78 is 0. The lowest BCUT2D eigenvalue weighted by Crippen LogP contribution is -2.52. The molecule has 3 nitrogen and oxygen atoms in total. The SMILES string of the molecule is c1cc(CCN2CCNC(C3CC3)C2)ccn1. The maximum absolute atomic E-state index is 4.06. The van der Waals surface area contributed by atoms with Crippen LogP contribution in [0.3, 0.4) is 0 Å². The molecule has 92 valence electrons. The Balaban J connectivity index is 1.48. The van der Waals surface area contributed by atoms with Crippen molar-refractivity contribution in [2.24, 2.45) is 5.92 Å². The van der Waals surface area contributed by atoms with E-state index >= 15 is 0 Å². The molecule has 1 saturated carbocycles. The summed E-state index contributed by atoms with van der Waals surface area (Å²) in [5, 5.41) is 3.66. The summed E-state index contributed by atoms with van der Waals surface area (Å²) in [5.41, 5.74) is 1.40. The van der Waals surface area contributed by atoms with Crippen LogP contribution in [0.25, 0.3) is 0 Å². The van der Waals surface area contributed by atoms with Crippen LogP contribution in [-0.2, 0) is 6.42 Å². The van der Waals surface area contributed by atoms with Crippen LogP contribution in [0.5, 0.6) is 0 Å². The van der Waals surface area contributed by atoms with Gasteiger partial charge in [0.1, 0.15) is 0 Å². The van der Waals surface area contributed by atoms with Gasteiger partial charge in [-0.3, -0.25) is 4.98 Å². The number of aromatic nitrogens is 1. The lowest BCUT2D eigenvalue weighted by Gasteiger charge is -2.33. The number of piperazine rings is 1. The van der Waals surface area contributed by atoms with Crippen molar-refractivity contribution in [1.82, 2.24) is 15.2 Å². The smallest absolute Gasteiger partial charge is 0.0270 e. The maximum Gasteiger partial charge on any atom is 0.0270 e. The molecule has 1 aliphatic heterocycles. The largest absolute Gasteiger partial charge is 0.311 e. The van der Waals surface area contributed by atoms with Crippen LogP contribution in [0.15, 0.2) is 24.5 Å². The van der Waals surface area contributed by atoms with Gasteiger partial charge in [0.25, 0.3) is 0 Å². The van der Waals surface area contributed by atoms with Crippen molar-refractivity contribution in [1.29, 1.82) is 0 Å². The van der Waals surface area contributed by atoms with Crippen molar-refractivity contribution in [3.63, 3.8) is 0 Å². The molecule has 3 heteroatoms. The molecule has 0 spiro atoms. The van der Waals surface area contributed by atoms with Gasteiger partial charge in [0.15, 0.2) is 0 Å². The van der Waals surface area contributed by atoms with E-state index in [4.69, 9.17) is 0 Å². The Morgan fingerprint density at radius 2 is 2.12 bits per heavy atom. The van der Waals surface area contributed by atoms with Gasteiger partial charge in [0.2, 0.25) is 0 Å². The van der Waals surface area contributed by atoms with Crippen molar-refractivity contribution in [2.45, 2.75) is 25.3 Å². The molecule has 1 aromatic heterocycles. The quantitative estimate of drug-likeness (QED) is 0.847. The van der Waals surface area contributed by atoms with Crippen molar-refractivity contribution < 1.29 is 0 Å². The third kappa shape index (κ3) is 3.05. The number of pyridine rings is 1. The normalized spacial score (nSPS) is 26.0. The van der Waals surface area contributed by atoms with E-state index in [1.54, 1.807) is 0 Å². The molecule has 0 radical (unpaired) electrons. The Labute approximate surface area is 103 Å². The first-order valence-corrected chi connectivity index (χ1v) is 6.76. The fraction of sp³-hybridized carbons (Fsp3) is 0.643. The van der Waals surface area contributed by atoms with Crippen LogP contribution >= 0.6 is 0 Å². The Morgan fingerprint density at radius 3 is 2.88 bits per heavy atom. The van der Waals surface area contributed by atoms with Crippen LogP contribution in [-0.4, -0.2) is 42.1 Å². The van der Waals surface area contributed by atoms with Crippen LogP contribution in [0.4, 0.5) is 0 Å². The fourth-order valence-electron chi connectivity index (χ4n) is 2.70. The summed E-state index contributed by atoms with van der Waals surface area (Å²) >= 11 is 0. The zero-order valence-electron chi connectivity index (χ0n) is 10.3. The molecule has 1 unspecified atom stereocenters. The minimum Gasteiger partial charge on any atom is -0.311 e. The van der Waals surface area contributed by atoms with E-state index in [-0.39, 0.29) is 0 Å². The monoisotopic (exact) mass is 231 g/mol. The first-order chi connectivity index (χ1) is 8.42. The van der Waals surface area contributed by atoms with E-state index < -0.39 is 0 Å². The molecule has 1 N–H and O–H groups in total. The zero-order valence-corrected chi connectivity index (χ0v) is 10.3. The molecule has 3 rings (SSSR count). The Hall–Kier alpha value is -0.930. The number of nitrogens with zero attached hydrogens (tertiary/aromatic N) is 2. The van der Waals surface area contributed by atoms with Crippen LogP contribution in [0.2, 0.25) is 0 Å². The fourth-order valence-corrected chi connectivity index (χ4v) is 2.70. The van der Waals surface area contributed by atoms with E-state index in [9.17, 15) is 0 Å². The second-order valence-corrected chi connectivity index (χ2v) is 5.30. The van der Waals surface area contributed by atoms with E-state index in [0.29, 0.717) is 0 Å². The summed E-state index contributed by atoms with van der Waals surface area (Å²) in [6.07, 6.45) is 7.81. The predicted octanol–water partition coefficient (Wildman–Crippen LogP) is 1.31. The topological polar surface area (TPSA) is 28.2 Å². The van der Waals surface area contributed by atoms with Gasteiger partial charge in [-0.15, -0.1) is 0 Å². The molecule has 0 amide bonds. The number of hydrogen-bond acceptors (Lipinski definition) is 3. The van der Waals surface area contributed by atoms with E-state index in [1.807, 2.05) is 12.4 Å². The van der Waals surface area contributed by atoms with Crippen molar-refractivity contribution in [3.05, 3.63) is 30.1 Å². The third-order valence-electron chi connectivity index (χ3n) is 3.95. The molecule has 17 heavy (non-hydrogen) atoms. The van der Waals surface area contributed by atoms with Crippen molar-refractivity contribution in [2.75, 3.05) is 26.2 Å². The van der Waals surface area contributed by atoms with E-state index in [1.165, 1.54) is 38.0 Å².